The van der Waals surface area contributed by atoms with Crippen molar-refractivity contribution in [2.75, 3.05) is 47.6 Å². The van der Waals surface area contributed by atoms with E-state index in [9.17, 15) is 16.8 Å². The van der Waals surface area contributed by atoms with Crippen LogP contribution in [0.1, 0.15) is 0 Å². The van der Waals surface area contributed by atoms with Crippen LogP contribution in [0.3, 0.4) is 0 Å². The fraction of sp³-hybridized carbons (Fsp3) is 0.172. The first kappa shape index (κ1) is 29.5. The lowest BCUT2D eigenvalue weighted by Gasteiger charge is -2.34. The van der Waals surface area contributed by atoms with Gasteiger partial charge in [-0.1, -0.05) is 36.4 Å². The summed E-state index contributed by atoms with van der Waals surface area (Å²) < 4.78 is 59.5. The van der Waals surface area contributed by atoms with Crippen molar-refractivity contribution in [3.63, 3.8) is 0 Å². The predicted octanol–water partition coefficient (Wildman–Crippen LogP) is 4.56. The third-order valence-corrected chi connectivity index (χ3v) is 9.76. The van der Waals surface area contributed by atoms with Gasteiger partial charge in [0, 0.05) is 48.8 Å². The van der Waals surface area contributed by atoms with Gasteiger partial charge in [0.25, 0.3) is 20.0 Å². The second kappa shape index (κ2) is 11.7. The molecule has 1 aliphatic heterocycles. The first-order valence-electron chi connectivity index (χ1n) is 13.0. The van der Waals surface area contributed by atoms with E-state index in [-0.39, 0.29) is 33.7 Å². The van der Waals surface area contributed by atoms with Crippen molar-refractivity contribution in [3.8, 4) is 0 Å². The van der Waals surface area contributed by atoms with E-state index in [2.05, 4.69) is 29.2 Å². The lowest BCUT2D eigenvalue weighted by Crippen LogP contribution is -2.44. The topological polar surface area (TPSA) is 125 Å². The number of para-hydroxylation sites is 2. The van der Waals surface area contributed by atoms with E-state index in [1.807, 2.05) is 19.2 Å². The highest BCUT2D eigenvalue weighted by molar-refractivity contribution is 7.93. The molecule has 42 heavy (non-hydrogen) atoms. The Kier molecular flexibility index (Phi) is 8.24. The van der Waals surface area contributed by atoms with Gasteiger partial charge in [0.05, 0.1) is 22.4 Å². The highest BCUT2D eigenvalue weighted by Crippen LogP contribution is 2.33. The molecule has 0 spiro atoms. The maximum Gasteiger partial charge on any atom is 0.279 e. The van der Waals surface area contributed by atoms with Crippen LogP contribution < -0.4 is 14.3 Å². The fourth-order valence-electron chi connectivity index (χ4n) is 4.85. The monoisotopic (exact) mass is 624 g/mol. The first-order chi connectivity index (χ1) is 19.7. The zero-order valence-electron chi connectivity index (χ0n) is 22.6. The minimum atomic E-state index is -4.17. The molecule has 0 radical (unpaired) electrons. The number of benzene rings is 3. The number of fused-ring (bicyclic) bond motifs is 2. The van der Waals surface area contributed by atoms with E-state index in [1.165, 1.54) is 18.3 Å². The molecule has 0 bridgehead atoms. The fourth-order valence-corrected chi connectivity index (χ4v) is 7.14. The summed E-state index contributed by atoms with van der Waals surface area (Å²) in [6.07, 6.45) is 1.53. The van der Waals surface area contributed by atoms with Crippen molar-refractivity contribution in [1.82, 2.24) is 14.9 Å². The van der Waals surface area contributed by atoms with E-state index in [0.717, 1.165) is 37.3 Å². The molecule has 0 amide bonds. The van der Waals surface area contributed by atoms with Crippen molar-refractivity contribution < 1.29 is 16.8 Å². The standard InChI is InChI=1S/C29H28N6O4S2.ClH/c1-34-16-18-35(19-17-34)23-12-13-25(32-40(36,37)27-10-4-7-22-8-5-15-30-29(22)27)26(20-23)33-41(38,39)28-14-11-21-6-2-3-9-24(21)31-28;/h2-15,20,32-33H,16-19H2,1H3;1H. The lowest BCUT2D eigenvalue weighted by molar-refractivity contribution is 0.313. The van der Waals surface area contributed by atoms with Gasteiger partial charge >= 0.3 is 0 Å². The van der Waals surface area contributed by atoms with E-state index in [4.69, 9.17) is 0 Å². The van der Waals surface area contributed by atoms with Crippen LogP contribution in [-0.2, 0) is 20.0 Å². The Bertz CT molecular complexity index is 1980. The molecule has 2 aromatic heterocycles. The molecular formula is C29H29ClN6O4S2. The van der Waals surface area contributed by atoms with Crippen LogP contribution in [0, 0.1) is 0 Å². The van der Waals surface area contributed by atoms with Crippen LogP contribution in [0.25, 0.3) is 21.8 Å². The number of piperazine rings is 1. The number of likely N-dealkylation sites (N-methyl/N-ethyl adjacent to an activating group) is 1. The molecule has 0 atom stereocenters. The minimum absolute atomic E-state index is 0. The largest absolute Gasteiger partial charge is 0.369 e. The summed E-state index contributed by atoms with van der Waals surface area (Å²) in [5.74, 6) is 0. The molecule has 10 nitrogen and oxygen atoms in total. The third kappa shape index (κ3) is 5.97. The number of pyridine rings is 2. The van der Waals surface area contributed by atoms with Crippen LogP contribution in [0.4, 0.5) is 17.1 Å². The Hall–Kier alpha value is -3.97. The number of anilines is 3. The van der Waals surface area contributed by atoms with E-state index in [1.54, 1.807) is 60.7 Å². The Labute approximate surface area is 250 Å². The Morgan fingerprint density at radius 3 is 2.24 bits per heavy atom. The van der Waals surface area contributed by atoms with Gasteiger partial charge in [-0.2, -0.15) is 8.42 Å². The second-order valence-corrected chi connectivity index (χ2v) is 13.2. The molecule has 0 saturated carbocycles. The lowest BCUT2D eigenvalue weighted by atomic mass is 10.2. The van der Waals surface area contributed by atoms with Crippen molar-refractivity contribution in [3.05, 3.63) is 91.1 Å². The van der Waals surface area contributed by atoms with Gasteiger partial charge in [-0.05, 0) is 55.6 Å². The van der Waals surface area contributed by atoms with Gasteiger partial charge in [-0.15, -0.1) is 12.4 Å². The number of halogens is 1. The normalized spacial score (nSPS) is 14.5. The number of nitrogens with one attached hydrogen (secondary N) is 2. The van der Waals surface area contributed by atoms with Gasteiger partial charge in [0.15, 0.2) is 5.03 Å². The van der Waals surface area contributed by atoms with Gasteiger partial charge in [0.2, 0.25) is 0 Å². The predicted molar refractivity (Wildman–Crippen MR) is 169 cm³/mol. The Morgan fingerprint density at radius 1 is 0.714 bits per heavy atom. The number of nitrogens with zero attached hydrogens (tertiary/aromatic N) is 4. The molecule has 3 aromatic carbocycles. The number of rotatable bonds is 7. The maximum atomic E-state index is 13.6. The Morgan fingerprint density at radius 2 is 1.43 bits per heavy atom. The van der Waals surface area contributed by atoms with E-state index < -0.39 is 20.0 Å². The first-order valence-corrected chi connectivity index (χ1v) is 16.0. The molecule has 6 rings (SSSR count). The van der Waals surface area contributed by atoms with Crippen LogP contribution in [0.2, 0.25) is 0 Å². The molecule has 5 aromatic rings. The number of aromatic nitrogens is 2. The van der Waals surface area contributed by atoms with Crippen molar-refractivity contribution in [2.45, 2.75) is 9.92 Å². The molecule has 2 N–H and O–H groups in total. The molecule has 3 heterocycles. The highest BCUT2D eigenvalue weighted by atomic mass is 35.5. The van der Waals surface area contributed by atoms with Gasteiger partial charge in [-0.25, -0.2) is 13.4 Å². The van der Waals surface area contributed by atoms with Crippen LogP contribution in [-0.4, -0.2) is 64.9 Å². The summed E-state index contributed by atoms with van der Waals surface area (Å²) in [7, 11) is -6.26. The smallest absolute Gasteiger partial charge is 0.279 e. The summed E-state index contributed by atoms with van der Waals surface area (Å²) in [4.78, 5) is 12.9. The summed E-state index contributed by atoms with van der Waals surface area (Å²) in [6.45, 7) is 3.21. The minimum Gasteiger partial charge on any atom is -0.369 e. The van der Waals surface area contributed by atoms with Crippen molar-refractivity contribution in [1.29, 1.82) is 0 Å². The van der Waals surface area contributed by atoms with Gasteiger partial charge < -0.3 is 9.80 Å². The average molecular weight is 625 g/mol. The maximum absolute atomic E-state index is 13.6. The molecule has 1 aliphatic rings. The average Bonchev–Trinajstić information content (AvgIpc) is 2.97. The molecule has 0 unspecified atom stereocenters. The molecule has 1 fully saturated rings. The molecule has 218 valence electrons. The second-order valence-electron chi connectivity index (χ2n) is 9.90. The molecule has 13 heteroatoms. The van der Waals surface area contributed by atoms with Crippen molar-refractivity contribution >= 4 is 71.3 Å². The van der Waals surface area contributed by atoms with Crippen LogP contribution in [0.15, 0.2) is 101 Å². The molecule has 1 saturated heterocycles. The van der Waals surface area contributed by atoms with Gasteiger partial charge in [0.1, 0.15) is 4.90 Å². The Balaban J connectivity index is 0.00000353. The quantitative estimate of drug-likeness (QED) is 0.270. The zero-order chi connectivity index (χ0) is 28.6. The van der Waals surface area contributed by atoms with E-state index in [0.29, 0.717) is 16.4 Å². The van der Waals surface area contributed by atoms with Gasteiger partial charge in [-0.3, -0.25) is 14.4 Å². The SMILES string of the molecule is CN1CCN(c2ccc(NS(=O)(=O)c3cccc4cccnc34)c(NS(=O)(=O)c3ccc4ccccc4n3)c2)CC1.Cl. The molecular weight excluding hydrogens is 596 g/mol. The number of hydrogen-bond acceptors (Lipinski definition) is 8. The highest BCUT2D eigenvalue weighted by Gasteiger charge is 2.24. The van der Waals surface area contributed by atoms with Crippen LogP contribution >= 0.6 is 12.4 Å². The summed E-state index contributed by atoms with van der Waals surface area (Å²) in [5, 5.41) is 1.30. The van der Waals surface area contributed by atoms with Crippen LogP contribution in [0.5, 0.6) is 0 Å². The van der Waals surface area contributed by atoms with Crippen molar-refractivity contribution in [2.24, 2.45) is 0 Å². The number of hydrogen-bond donors (Lipinski definition) is 2. The summed E-state index contributed by atoms with van der Waals surface area (Å²) in [5.41, 5.74) is 1.80. The van der Waals surface area contributed by atoms with E-state index >= 15 is 0 Å². The summed E-state index contributed by atoms with van der Waals surface area (Å²) >= 11 is 0. The number of sulfonamides is 2. The summed E-state index contributed by atoms with van der Waals surface area (Å²) in [6, 6.07) is 23.8. The zero-order valence-corrected chi connectivity index (χ0v) is 25.1. The molecule has 0 aliphatic carbocycles. The third-order valence-electron chi connectivity index (χ3n) is 7.09.